The lowest BCUT2D eigenvalue weighted by atomic mass is 9.97. The van der Waals surface area contributed by atoms with Gasteiger partial charge in [-0.25, -0.2) is 17.8 Å². The predicted octanol–water partition coefficient (Wildman–Crippen LogP) is 1.51. The lowest BCUT2D eigenvalue weighted by Crippen LogP contribution is -2.51. The number of rotatable bonds is 6. The number of hydrogen-bond donors (Lipinski definition) is 0. The minimum Gasteiger partial charge on any atom is -0.339 e. The molecule has 0 saturated carbocycles. The van der Waals surface area contributed by atoms with Gasteiger partial charge in [0.1, 0.15) is 17.6 Å². The van der Waals surface area contributed by atoms with E-state index in [-0.39, 0.29) is 48.6 Å². The van der Waals surface area contributed by atoms with Gasteiger partial charge in [-0.15, -0.1) is 11.8 Å². The number of sulfonamides is 1. The molecule has 0 bridgehead atoms. The second kappa shape index (κ2) is 9.47. The number of hydrogen-bond acceptors (Lipinski definition) is 6. The highest BCUT2D eigenvalue weighted by molar-refractivity contribution is 8.00. The molecule has 32 heavy (non-hydrogen) atoms. The number of halogens is 1. The van der Waals surface area contributed by atoms with Crippen molar-refractivity contribution in [2.24, 2.45) is 15.9 Å². The normalized spacial score (nSPS) is 21.2. The molecule has 1 aromatic carbocycles. The molecule has 1 aliphatic carbocycles. The number of benzene rings is 1. The Balaban J connectivity index is 1.26. The fourth-order valence-corrected chi connectivity index (χ4v) is 5.73. The predicted molar refractivity (Wildman–Crippen MR) is 121 cm³/mol. The standard InChI is InChI=1S/C21H21FN4O4S2/c22-15-5-7-16(8-6-15)32(29,30)26-11-9-25(10-12-26)20(27)14-31-13-19-23-18-4-2-1-3-17(18)21(28)24-19/h1-8,17H,9-14H2. The summed E-state index contributed by atoms with van der Waals surface area (Å²) in [6, 6.07) is 4.70. The maximum absolute atomic E-state index is 13.1. The third-order valence-corrected chi connectivity index (χ3v) is 8.09. The monoisotopic (exact) mass is 476 g/mol. The molecule has 1 unspecified atom stereocenters. The van der Waals surface area contributed by atoms with Crippen LogP contribution >= 0.6 is 11.8 Å². The van der Waals surface area contributed by atoms with Crippen LogP contribution in [0.2, 0.25) is 0 Å². The number of aliphatic imine (C=N–C) groups is 2. The van der Waals surface area contributed by atoms with Gasteiger partial charge in [0.05, 0.1) is 22.1 Å². The van der Waals surface area contributed by atoms with Crippen LogP contribution in [0.25, 0.3) is 0 Å². The van der Waals surface area contributed by atoms with E-state index in [4.69, 9.17) is 0 Å². The molecule has 2 aliphatic heterocycles. The fourth-order valence-electron chi connectivity index (χ4n) is 3.54. The summed E-state index contributed by atoms with van der Waals surface area (Å²) in [6.07, 6.45) is 7.15. The molecule has 0 N–H and O–H groups in total. The Morgan fingerprint density at radius 1 is 1.09 bits per heavy atom. The van der Waals surface area contributed by atoms with Gasteiger partial charge in [0.2, 0.25) is 15.9 Å². The topological polar surface area (TPSA) is 99.5 Å². The summed E-state index contributed by atoms with van der Waals surface area (Å²) in [4.78, 5) is 34.7. The fraction of sp³-hybridized carbons (Fsp3) is 0.333. The molecule has 11 heteroatoms. The lowest BCUT2D eigenvalue weighted by Gasteiger charge is -2.34. The van der Waals surface area contributed by atoms with Crippen molar-refractivity contribution in [2.75, 3.05) is 37.7 Å². The van der Waals surface area contributed by atoms with Crippen LogP contribution in [-0.4, -0.2) is 78.7 Å². The number of thioether (sulfide) groups is 1. The van der Waals surface area contributed by atoms with Gasteiger partial charge >= 0.3 is 0 Å². The molecule has 0 spiro atoms. The van der Waals surface area contributed by atoms with Crippen molar-refractivity contribution in [1.29, 1.82) is 0 Å². The highest BCUT2D eigenvalue weighted by atomic mass is 32.2. The summed E-state index contributed by atoms with van der Waals surface area (Å²) in [5.74, 6) is -0.365. The van der Waals surface area contributed by atoms with E-state index in [1.165, 1.54) is 28.2 Å². The van der Waals surface area contributed by atoms with E-state index in [2.05, 4.69) is 9.98 Å². The summed E-state index contributed by atoms with van der Waals surface area (Å²) >= 11 is 1.32. The second-order valence-electron chi connectivity index (χ2n) is 7.36. The highest BCUT2D eigenvalue weighted by Crippen LogP contribution is 2.20. The zero-order valence-electron chi connectivity index (χ0n) is 17.1. The van der Waals surface area contributed by atoms with Gasteiger partial charge in [0.25, 0.3) is 5.91 Å². The first kappa shape index (κ1) is 22.6. The van der Waals surface area contributed by atoms with Crippen molar-refractivity contribution < 1.29 is 22.4 Å². The van der Waals surface area contributed by atoms with Gasteiger partial charge in [-0.1, -0.05) is 18.2 Å². The maximum atomic E-state index is 13.1. The average molecular weight is 477 g/mol. The van der Waals surface area contributed by atoms with Gasteiger partial charge in [0, 0.05) is 26.2 Å². The lowest BCUT2D eigenvalue weighted by molar-refractivity contribution is -0.129. The molecule has 8 nitrogen and oxygen atoms in total. The Morgan fingerprint density at radius 3 is 2.53 bits per heavy atom. The molecular formula is C21H21FN4O4S2. The zero-order chi connectivity index (χ0) is 22.7. The molecule has 1 atom stereocenters. The van der Waals surface area contributed by atoms with Crippen molar-refractivity contribution in [3.8, 4) is 0 Å². The van der Waals surface area contributed by atoms with E-state index >= 15 is 0 Å². The van der Waals surface area contributed by atoms with Crippen molar-refractivity contribution in [1.82, 2.24) is 9.21 Å². The largest absolute Gasteiger partial charge is 0.339 e. The van der Waals surface area contributed by atoms with E-state index in [9.17, 15) is 22.4 Å². The van der Waals surface area contributed by atoms with Crippen molar-refractivity contribution in [3.05, 3.63) is 54.4 Å². The highest BCUT2D eigenvalue weighted by Gasteiger charge is 2.30. The Kier molecular flexibility index (Phi) is 6.68. The summed E-state index contributed by atoms with van der Waals surface area (Å²) in [6.45, 7) is 0.902. The molecule has 168 valence electrons. The second-order valence-corrected chi connectivity index (χ2v) is 10.3. The van der Waals surface area contributed by atoms with Crippen molar-refractivity contribution in [2.45, 2.75) is 4.90 Å². The smallest absolute Gasteiger partial charge is 0.260 e. The average Bonchev–Trinajstić information content (AvgIpc) is 2.79. The Labute approximate surface area is 189 Å². The molecule has 2 amide bonds. The molecule has 0 radical (unpaired) electrons. The van der Waals surface area contributed by atoms with Gasteiger partial charge in [0.15, 0.2) is 0 Å². The first-order chi connectivity index (χ1) is 15.3. The number of piperazine rings is 1. The molecule has 3 aliphatic rings. The Morgan fingerprint density at radius 2 is 1.81 bits per heavy atom. The van der Waals surface area contributed by atoms with Crippen LogP contribution in [-0.2, 0) is 19.6 Å². The molecule has 4 rings (SSSR count). The number of carbonyl (C=O) groups is 2. The van der Waals surface area contributed by atoms with E-state index in [0.29, 0.717) is 17.3 Å². The quantitative estimate of drug-likeness (QED) is 0.620. The SMILES string of the molecule is O=C1N=C(CSCC(=O)N2CCN(S(=O)(=O)c3ccc(F)cc3)CC2)N=C2C=CC=CC12. The molecule has 1 saturated heterocycles. The van der Waals surface area contributed by atoms with Crippen LogP contribution in [0.1, 0.15) is 0 Å². The number of fused-ring (bicyclic) bond motifs is 1. The first-order valence-electron chi connectivity index (χ1n) is 10.0. The van der Waals surface area contributed by atoms with E-state index in [1.807, 2.05) is 6.08 Å². The van der Waals surface area contributed by atoms with Crippen LogP contribution < -0.4 is 0 Å². The van der Waals surface area contributed by atoms with E-state index in [1.54, 1.807) is 23.1 Å². The van der Waals surface area contributed by atoms with E-state index in [0.717, 1.165) is 12.1 Å². The number of amidine groups is 1. The molecular weight excluding hydrogens is 455 g/mol. The minimum absolute atomic E-state index is 0.0317. The van der Waals surface area contributed by atoms with Gasteiger partial charge in [-0.2, -0.15) is 9.30 Å². The van der Waals surface area contributed by atoms with Crippen LogP contribution in [0.3, 0.4) is 0 Å². The minimum atomic E-state index is -3.72. The van der Waals surface area contributed by atoms with E-state index < -0.39 is 21.8 Å². The number of nitrogens with zero attached hydrogens (tertiary/aromatic N) is 4. The van der Waals surface area contributed by atoms with Crippen LogP contribution in [0.4, 0.5) is 4.39 Å². The zero-order valence-corrected chi connectivity index (χ0v) is 18.7. The maximum Gasteiger partial charge on any atom is 0.260 e. The van der Waals surface area contributed by atoms with Gasteiger partial charge in [-0.3, -0.25) is 9.59 Å². The summed E-state index contributed by atoms with van der Waals surface area (Å²) in [5, 5.41) is 0. The molecule has 1 aromatic rings. The molecule has 2 heterocycles. The summed E-state index contributed by atoms with van der Waals surface area (Å²) in [7, 11) is -3.72. The first-order valence-corrected chi connectivity index (χ1v) is 12.6. The van der Waals surface area contributed by atoms with Gasteiger partial charge < -0.3 is 4.90 Å². The molecule has 0 aromatic heterocycles. The van der Waals surface area contributed by atoms with Crippen LogP contribution in [0.5, 0.6) is 0 Å². The number of amides is 2. The molecule has 1 fully saturated rings. The van der Waals surface area contributed by atoms with Crippen molar-refractivity contribution in [3.63, 3.8) is 0 Å². The third kappa shape index (κ3) is 4.89. The van der Waals surface area contributed by atoms with Crippen LogP contribution in [0.15, 0.2) is 63.4 Å². The number of carbonyl (C=O) groups excluding carboxylic acids is 2. The Bertz CT molecular complexity index is 1130. The third-order valence-electron chi connectivity index (χ3n) is 5.26. The van der Waals surface area contributed by atoms with Crippen molar-refractivity contribution >= 4 is 45.1 Å². The van der Waals surface area contributed by atoms with Crippen LogP contribution in [0, 0.1) is 11.7 Å². The summed E-state index contributed by atoms with van der Waals surface area (Å²) in [5.41, 5.74) is 0.660. The number of allylic oxidation sites excluding steroid dienone is 3. The summed E-state index contributed by atoms with van der Waals surface area (Å²) < 4.78 is 39.7. The van der Waals surface area contributed by atoms with Gasteiger partial charge in [-0.05, 0) is 30.3 Å². The Hall–Kier alpha value is -2.63.